The number of aliphatic imine (C=N–C) groups is 1. The number of carbonyl (C=O) groups excluding carboxylic acids is 1. The minimum atomic E-state index is -1.52. The molecule has 5 nitrogen and oxygen atoms in total. The molecule has 6 heteroatoms. The minimum absolute atomic E-state index is 0.247. The average molecular weight is 313 g/mol. The number of benzene rings is 1. The molecule has 22 heavy (non-hydrogen) atoms. The number of hydrogen-bond acceptors (Lipinski definition) is 6. The number of carbonyl (C=O) groups is 1. The van der Waals surface area contributed by atoms with Gasteiger partial charge < -0.3 is 15.7 Å². The minimum Gasteiger partial charge on any atom is -0.399 e. The van der Waals surface area contributed by atoms with Gasteiger partial charge >= 0.3 is 0 Å². The Morgan fingerprint density at radius 1 is 1.41 bits per heavy atom. The first-order chi connectivity index (χ1) is 10.5. The Morgan fingerprint density at radius 3 is 3.00 bits per heavy atom. The summed E-state index contributed by atoms with van der Waals surface area (Å²) >= 11 is 1.47. The maximum absolute atomic E-state index is 12.7. The Morgan fingerprint density at radius 2 is 2.23 bits per heavy atom. The van der Waals surface area contributed by atoms with E-state index in [0.717, 1.165) is 10.6 Å². The third kappa shape index (κ3) is 1.74. The summed E-state index contributed by atoms with van der Waals surface area (Å²) in [5, 5.41) is 11.6. The summed E-state index contributed by atoms with van der Waals surface area (Å²) in [6, 6.07) is 9.20. The molecule has 3 N–H and O–H groups in total. The fourth-order valence-electron chi connectivity index (χ4n) is 3.09. The van der Waals surface area contributed by atoms with E-state index in [4.69, 9.17) is 5.73 Å². The summed E-state index contributed by atoms with van der Waals surface area (Å²) < 4.78 is 0. The van der Waals surface area contributed by atoms with Crippen LogP contribution in [0.1, 0.15) is 21.7 Å². The van der Waals surface area contributed by atoms with Crippen LogP contribution in [0.5, 0.6) is 0 Å². The zero-order valence-corrected chi connectivity index (χ0v) is 12.9. The van der Waals surface area contributed by atoms with Crippen LogP contribution in [-0.2, 0) is 0 Å². The van der Waals surface area contributed by atoms with Crippen LogP contribution in [0, 0.1) is 6.92 Å². The molecule has 0 spiro atoms. The largest absolute Gasteiger partial charge is 0.399 e. The number of thiophene rings is 1. The van der Waals surface area contributed by atoms with Gasteiger partial charge in [0.25, 0.3) is 0 Å². The van der Waals surface area contributed by atoms with Crippen LogP contribution < -0.4 is 10.6 Å². The van der Waals surface area contributed by atoms with Crippen molar-refractivity contribution in [2.24, 2.45) is 4.99 Å². The Labute approximate surface area is 131 Å². The normalized spacial score (nSPS) is 23.3. The lowest BCUT2D eigenvalue weighted by Gasteiger charge is -2.28. The first kappa shape index (κ1) is 13.5. The van der Waals surface area contributed by atoms with Crippen molar-refractivity contribution >= 4 is 39.3 Å². The second-order valence-corrected chi connectivity index (χ2v) is 6.93. The van der Waals surface area contributed by atoms with Crippen molar-refractivity contribution in [1.29, 1.82) is 0 Å². The zero-order valence-electron chi connectivity index (χ0n) is 12.0. The lowest BCUT2D eigenvalue weighted by atomic mass is 9.90. The van der Waals surface area contributed by atoms with Gasteiger partial charge in [-0.2, -0.15) is 0 Å². The van der Waals surface area contributed by atoms with Crippen LogP contribution in [-0.4, -0.2) is 28.9 Å². The number of aryl methyl sites for hydroxylation is 1. The van der Waals surface area contributed by atoms with Crippen LogP contribution in [0.4, 0.5) is 16.4 Å². The molecule has 0 amide bonds. The van der Waals surface area contributed by atoms with Crippen LogP contribution in [0.2, 0.25) is 0 Å². The molecule has 1 aromatic heterocycles. The van der Waals surface area contributed by atoms with E-state index in [2.05, 4.69) is 4.99 Å². The van der Waals surface area contributed by atoms with Gasteiger partial charge in [0.05, 0.1) is 5.56 Å². The van der Waals surface area contributed by atoms with Gasteiger partial charge in [0.1, 0.15) is 5.00 Å². The van der Waals surface area contributed by atoms with E-state index in [1.54, 1.807) is 6.07 Å². The number of hydrogen-bond donors (Lipinski definition) is 2. The van der Waals surface area contributed by atoms with Gasteiger partial charge in [-0.05, 0) is 31.2 Å². The lowest BCUT2D eigenvalue weighted by molar-refractivity contribution is 0.0603. The predicted molar refractivity (Wildman–Crippen MR) is 88.2 cm³/mol. The number of nitrogen functional groups attached to an aromatic ring is 1. The van der Waals surface area contributed by atoms with Crippen molar-refractivity contribution in [1.82, 2.24) is 0 Å². The molecular weight excluding hydrogens is 298 g/mol. The first-order valence-corrected chi connectivity index (χ1v) is 7.90. The maximum Gasteiger partial charge on any atom is 0.205 e. The average Bonchev–Trinajstić information content (AvgIpc) is 3.01. The monoisotopic (exact) mass is 313 g/mol. The number of Topliss-reactive ketones (excluding diaryl/α,β-unsaturated/α-hetero) is 1. The van der Waals surface area contributed by atoms with Crippen LogP contribution in [0.25, 0.3) is 0 Å². The molecule has 2 aromatic rings. The highest BCUT2D eigenvalue weighted by atomic mass is 32.1. The zero-order chi connectivity index (χ0) is 15.5. The molecule has 0 bridgehead atoms. The summed E-state index contributed by atoms with van der Waals surface area (Å²) in [6.45, 7) is 2.48. The van der Waals surface area contributed by atoms with Gasteiger partial charge in [0, 0.05) is 29.2 Å². The van der Waals surface area contributed by atoms with E-state index in [1.165, 1.54) is 11.3 Å². The third-order valence-corrected chi connectivity index (χ3v) is 5.11. The molecule has 3 heterocycles. The highest BCUT2D eigenvalue weighted by Gasteiger charge is 2.52. The number of ketones is 1. The molecule has 2 aliphatic rings. The Bertz CT molecular complexity index is 827. The molecule has 1 aromatic carbocycles. The topological polar surface area (TPSA) is 78.9 Å². The Balaban J connectivity index is 1.87. The predicted octanol–water partition coefficient (Wildman–Crippen LogP) is 2.51. The first-order valence-electron chi connectivity index (χ1n) is 7.09. The summed E-state index contributed by atoms with van der Waals surface area (Å²) in [6.07, 6.45) is 0.341. The van der Waals surface area contributed by atoms with Gasteiger partial charge in [0.15, 0.2) is 11.4 Å². The van der Waals surface area contributed by atoms with Crippen LogP contribution >= 0.6 is 11.3 Å². The summed E-state index contributed by atoms with van der Waals surface area (Å²) in [4.78, 5) is 20.2. The molecular formula is C16H15N3O2S. The van der Waals surface area contributed by atoms with Gasteiger partial charge in [-0.25, -0.2) is 4.99 Å². The van der Waals surface area contributed by atoms with Gasteiger partial charge in [-0.3, -0.25) is 4.79 Å². The van der Waals surface area contributed by atoms with Crippen molar-refractivity contribution in [3.8, 4) is 0 Å². The molecule has 0 radical (unpaired) electrons. The van der Waals surface area contributed by atoms with Gasteiger partial charge in [-0.15, -0.1) is 11.3 Å². The van der Waals surface area contributed by atoms with Crippen molar-refractivity contribution in [3.05, 3.63) is 40.8 Å². The number of nitrogens with zero attached hydrogens (tertiary/aromatic N) is 2. The Hall–Kier alpha value is -2.18. The number of aliphatic hydroxyl groups is 1. The molecule has 2 aliphatic heterocycles. The van der Waals surface area contributed by atoms with Gasteiger partial charge in [-0.1, -0.05) is 6.07 Å². The maximum atomic E-state index is 12.7. The number of anilines is 2. The standard InChI is InChI=1S/C16H15N3O2S/c1-9-7-12-13(20)16(21)5-6-19(15(16)18-14(12)22-9)11-4-2-3-10(17)8-11/h2-4,7-8,21H,5-6,17H2,1H3. The van der Waals surface area contributed by atoms with E-state index in [0.29, 0.717) is 35.1 Å². The van der Waals surface area contributed by atoms with Gasteiger partial charge in [0.2, 0.25) is 5.78 Å². The van der Waals surface area contributed by atoms with E-state index in [1.807, 2.05) is 36.1 Å². The summed E-state index contributed by atoms with van der Waals surface area (Å²) in [5.74, 6) is 0.167. The van der Waals surface area contributed by atoms with Crippen molar-refractivity contribution < 1.29 is 9.90 Å². The quantitative estimate of drug-likeness (QED) is 0.793. The van der Waals surface area contributed by atoms with E-state index < -0.39 is 5.60 Å². The molecule has 1 fully saturated rings. The molecule has 1 unspecified atom stereocenters. The summed E-state index contributed by atoms with van der Waals surface area (Å²) in [5.41, 5.74) is 6.34. The summed E-state index contributed by atoms with van der Waals surface area (Å²) in [7, 11) is 0. The lowest BCUT2D eigenvalue weighted by Crippen LogP contribution is -2.48. The number of fused-ring (bicyclic) bond motifs is 2. The number of nitrogens with two attached hydrogens (primary N) is 1. The molecule has 112 valence electrons. The second kappa shape index (κ2) is 4.41. The highest BCUT2D eigenvalue weighted by Crippen LogP contribution is 2.43. The molecule has 1 atom stereocenters. The SMILES string of the molecule is Cc1cc2c(s1)N=C1N(c3cccc(N)c3)CCC1(O)C2=O. The molecule has 0 saturated carbocycles. The molecule has 1 saturated heterocycles. The molecule has 0 aliphatic carbocycles. The van der Waals surface area contributed by atoms with Crippen LogP contribution in [0.15, 0.2) is 35.3 Å². The Kier molecular flexibility index (Phi) is 2.70. The van der Waals surface area contributed by atoms with Crippen LogP contribution in [0.3, 0.4) is 0 Å². The fourth-order valence-corrected chi connectivity index (χ4v) is 3.97. The number of amidine groups is 1. The van der Waals surface area contributed by atoms with Crippen molar-refractivity contribution in [2.45, 2.75) is 18.9 Å². The van der Waals surface area contributed by atoms with E-state index in [9.17, 15) is 9.90 Å². The van der Waals surface area contributed by atoms with Crippen molar-refractivity contribution in [3.63, 3.8) is 0 Å². The van der Waals surface area contributed by atoms with E-state index >= 15 is 0 Å². The third-order valence-electron chi connectivity index (χ3n) is 4.17. The number of rotatable bonds is 1. The fraction of sp³-hybridized carbons (Fsp3) is 0.250. The van der Waals surface area contributed by atoms with E-state index in [-0.39, 0.29) is 5.78 Å². The smallest absolute Gasteiger partial charge is 0.205 e. The second-order valence-electron chi connectivity index (χ2n) is 5.70. The molecule has 4 rings (SSSR count). The van der Waals surface area contributed by atoms with Crippen molar-refractivity contribution in [2.75, 3.05) is 17.2 Å². The highest BCUT2D eigenvalue weighted by molar-refractivity contribution is 7.16.